The van der Waals surface area contributed by atoms with Crippen LogP contribution in [0.2, 0.25) is 0 Å². The van der Waals surface area contributed by atoms with Gasteiger partial charge in [0.05, 0.1) is 14.2 Å². The highest BCUT2D eigenvalue weighted by molar-refractivity contribution is 6.00. The fraction of sp³-hybridized carbons (Fsp3) is 0.263. The largest absolute Gasteiger partial charge is 0.497 e. The van der Waals surface area contributed by atoms with E-state index in [0.29, 0.717) is 39.0 Å². The van der Waals surface area contributed by atoms with Gasteiger partial charge in [0.2, 0.25) is 0 Å². The highest BCUT2D eigenvalue weighted by Gasteiger charge is 2.20. The fourth-order valence-corrected chi connectivity index (χ4v) is 8.75. The van der Waals surface area contributed by atoms with Crippen LogP contribution >= 0.6 is 0 Å². The van der Waals surface area contributed by atoms with Gasteiger partial charge in [-0.05, 0) is 143 Å². The SMILES string of the molecule is CCN(CC)C(=O)NCC/C(=C(\c1ccccc1)c1ccc(OC)cc1)c1cccc(-c2ccc(/C(=C(\CCNC(=O)N3CCCCC3)c3ccccc3)c3ccc(OC)cc3)cc2)c1. The molecule has 6 aromatic rings. The van der Waals surface area contributed by atoms with Crippen molar-refractivity contribution in [3.05, 3.63) is 191 Å². The van der Waals surface area contributed by atoms with Gasteiger partial charge in [-0.2, -0.15) is 0 Å². The van der Waals surface area contributed by atoms with Gasteiger partial charge in [-0.25, -0.2) is 9.59 Å². The number of piperidine rings is 1. The van der Waals surface area contributed by atoms with Crippen LogP contribution < -0.4 is 20.1 Å². The van der Waals surface area contributed by atoms with Crippen molar-refractivity contribution in [1.29, 1.82) is 0 Å². The van der Waals surface area contributed by atoms with Crippen LogP contribution in [0.15, 0.2) is 158 Å². The minimum atomic E-state index is -0.0606. The summed E-state index contributed by atoms with van der Waals surface area (Å²) < 4.78 is 11.1. The van der Waals surface area contributed by atoms with E-state index in [1.54, 1.807) is 14.2 Å². The number of hydrogen-bond acceptors (Lipinski definition) is 4. The summed E-state index contributed by atoms with van der Waals surface area (Å²) in [6.07, 6.45) is 4.55. The van der Waals surface area contributed by atoms with Crippen LogP contribution in [0, 0.1) is 0 Å². The Labute approximate surface area is 385 Å². The van der Waals surface area contributed by atoms with Crippen molar-refractivity contribution in [3.63, 3.8) is 0 Å². The summed E-state index contributed by atoms with van der Waals surface area (Å²) in [5, 5.41) is 6.43. The number of amides is 4. The third-order valence-corrected chi connectivity index (χ3v) is 12.3. The monoisotopic (exact) mass is 866 g/mol. The number of carbonyl (C=O) groups is 2. The molecular weight excluding hydrogens is 805 g/mol. The smallest absolute Gasteiger partial charge is 0.317 e. The van der Waals surface area contributed by atoms with Gasteiger partial charge in [0.1, 0.15) is 11.5 Å². The number of methoxy groups -OCH3 is 2. The zero-order chi connectivity index (χ0) is 45.4. The highest BCUT2D eigenvalue weighted by atomic mass is 16.5. The number of nitrogens with zero attached hydrogens (tertiary/aromatic N) is 2. The number of ether oxygens (including phenoxy) is 2. The topological polar surface area (TPSA) is 83.1 Å². The van der Waals surface area contributed by atoms with Crippen LogP contribution in [0.4, 0.5) is 9.59 Å². The van der Waals surface area contributed by atoms with E-state index in [-0.39, 0.29) is 12.1 Å². The molecule has 0 aliphatic carbocycles. The first-order valence-corrected chi connectivity index (χ1v) is 23.0. The Morgan fingerprint density at radius 3 is 1.49 bits per heavy atom. The maximum absolute atomic E-state index is 13.2. The van der Waals surface area contributed by atoms with Gasteiger partial charge >= 0.3 is 12.1 Å². The maximum atomic E-state index is 13.2. The summed E-state index contributed by atoms with van der Waals surface area (Å²) in [6, 6.07) is 54.9. The van der Waals surface area contributed by atoms with E-state index in [1.807, 2.05) is 60.0 Å². The first-order valence-electron chi connectivity index (χ1n) is 23.0. The summed E-state index contributed by atoms with van der Waals surface area (Å²) in [5.74, 6) is 1.58. The summed E-state index contributed by atoms with van der Waals surface area (Å²) in [6.45, 7) is 7.90. The summed E-state index contributed by atoms with van der Waals surface area (Å²) in [5.41, 5.74) is 13.1. The van der Waals surface area contributed by atoms with E-state index >= 15 is 0 Å². The third kappa shape index (κ3) is 11.8. The molecule has 0 atom stereocenters. The van der Waals surface area contributed by atoms with Gasteiger partial charge in [0.15, 0.2) is 0 Å². The first-order chi connectivity index (χ1) is 31.9. The van der Waals surface area contributed by atoms with Gasteiger partial charge < -0.3 is 29.9 Å². The Morgan fingerprint density at radius 2 is 0.969 bits per heavy atom. The fourth-order valence-electron chi connectivity index (χ4n) is 8.75. The van der Waals surface area contributed by atoms with E-state index in [2.05, 4.69) is 132 Å². The van der Waals surface area contributed by atoms with Gasteiger partial charge in [-0.15, -0.1) is 0 Å². The van der Waals surface area contributed by atoms with E-state index in [9.17, 15) is 9.59 Å². The lowest BCUT2D eigenvalue weighted by Crippen LogP contribution is -2.43. The molecule has 1 aliphatic heterocycles. The number of rotatable bonds is 17. The molecule has 1 aliphatic rings. The van der Waals surface area contributed by atoms with E-state index in [0.717, 1.165) is 104 Å². The molecule has 6 aromatic carbocycles. The van der Waals surface area contributed by atoms with Crippen LogP contribution in [0.5, 0.6) is 11.5 Å². The molecule has 2 N–H and O–H groups in total. The van der Waals surface area contributed by atoms with Crippen LogP contribution in [-0.4, -0.2) is 75.4 Å². The second-order valence-corrected chi connectivity index (χ2v) is 16.2. The minimum absolute atomic E-state index is 0.0111. The van der Waals surface area contributed by atoms with Crippen molar-refractivity contribution < 1.29 is 19.1 Å². The van der Waals surface area contributed by atoms with Crippen LogP contribution in [-0.2, 0) is 0 Å². The van der Waals surface area contributed by atoms with Crippen LogP contribution in [0.3, 0.4) is 0 Å². The standard InChI is InChI=1S/C57H62N4O4/c1-5-60(6-2)56(62)58-38-36-53(54(44-19-12-8-13-20-44)46-27-31-50(64-3)32-28-46)49-22-16-21-48(41-49)42-23-25-45(26-24-42)55(47-29-33-51(65-4)34-30-47)52(43-17-10-7-11-18-43)35-37-59-57(63)61-39-14-9-15-40-61/h7-8,10-13,16-34,41H,5-6,9,14-15,35-40H2,1-4H3,(H,58,62)(H,59,63)/b54-53-,55-52-. The lowest BCUT2D eigenvalue weighted by molar-refractivity contribution is 0.186. The Hall–Kier alpha value is -7.06. The number of hydrogen-bond donors (Lipinski definition) is 2. The molecule has 1 saturated heterocycles. The highest BCUT2D eigenvalue weighted by Crippen LogP contribution is 2.39. The van der Waals surface area contributed by atoms with Crippen LogP contribution in [0.25, 0.3) is 33.4 Å². The zero-order valence-corrected chi connectivity index (χ0v) is 38.3. The number of benzene rings is 6. The molecule has 0 saturated carbocycles. The second-order valence-electron chi connectivity index (χ2n) is 16.2. The van der Waals surface area contributed by atoms with E-state index < -0.39 is 0 Å². The van der Waals surface area contributed by atoms with Gasteiger partial charge in [0.25, 0.3) is 0 Å². The molecule has 8 nitrogen and oxygen atoms in total. The molecule has 4 amide bonds. The lowest BCUT2D eigenvalue weighted by atomic mass is 9.86. The molecule has 1 fully saturated rings. The molecule has 0 spiro atoms. The third-order valence-electron chi connectivity index (χ3n) is 12.3. The summed E-state index contributed by atoms with van der Waals surface area (Å²) in [4.78, 5) is 30.1. The van der Waals surface area contributed by atoms with Gasteiger partial charge in [0, 0.05) is 39.3 Å². The number of carbonyl (C=O) groups excluding carboxylic acids is 2. The van der Waals surface area contributed by atoms with E-state index in [1.165, 1.54) is 6.42 Å². The minimum Gasteiger partial charge on any atom is -0.497 e. The average molecular weight is 867 g/mol. The lowest BCUT2D eigenvalue weighted by Gasteiger charge is -2.27. The number of likely N-dealkylation sites (tertiary alicyclic amines) is 1. The Bertz CT molecular complexity index is 2520. The second kappa shape index (κ2) is 23.0. The molecule has 0 unspecified atom stereocenters. The van der Waals surface area contributed by atoms with E-state index in [4.69, 9.17) is 9.47 Å². The molecule has 0 aromatic heterocycles. The first kappa shape index (κ1) is 45.9. The molecule has 8 heteroatoms. The quantitative estimate of drug-likeness (QED) is 0.0895. The van der Waals surface area contributed by atoms with Crippen molar-refractivity contribution in [1.82, 2.24) is 20.4 Å². The molecule has 334 valence electrons. The molecule has 1 heterocycles. The summed E-state index contributed by atoms with van der Waals surface area (Å²) in [7, 11) is 3.37. The predicted molar refractivity (Wildman–Crippen MR) is 267 cm³/mol. The molecule has 65 heavy (non-hydrogen) atoms. The van der Waals surface area contributed by atoms with Crippen molar-refractivity contribution in [2.45, 2.75) is 46.0 Å². The van der Waals surface area contributed by atoms with Gasteiger partial charge in [-0.3, -0.25) is 0 Å². The Balaban J connectivity index is 1.29. The maximum Gasteiger partial charge on any atom is 0.317 e. The number of urea groups is 2. The molecule has 7 rings (SSSR count). The summed E-state index contributed by atoms with van der Waals surface area (Å²) >= 11 is 0. The average Bonchev–Trinajstić information content (AvgIpc) is 3.37. The predicted octanol–water partition coefficient (Wildman–Crippen LogP) is 12.3. The normalized spacial score (nSPS) is 13.3. The van der Waals surface area contributed by atoms with Crippen molar-refractivity contribution in [2.24, 2.45) is 0 Å². The zero-order valence-electron chi connectivity index (χ0n) is 38.3. The van der Waals surface area contributed by atoms with Crippen molar-refractivity contribution in [3.8, 4) is 22.6 Å². The Morgan fingerprint density at radius 1 is 0.508 bits per heavy atom. The van der Waals surface area contributed by atoms with Gasteiger partial charge in [-0.1, -0.05) is 127 Å². The van der Waals surface area contributed by atoms with Crippen molar-refractivity contribution in [2.75, 3.05) is 53.5 Å². The molecular formula is C57H62N4O4. The molecule has 0 bridgehead atoms. The van der Waals surface area contributed by atoms with Crippen LogP contribution in [0.1, 0.15) is 79.3 Å². The number of nitrogens with one attached hydrogen (secondary N) is 2. The molecule has 0 radical (unpaired) electrons. The van der Waals surface area contributed by atoms with Crippen molar-refractivity contribution >= 4 is 34.4 Å². The Kier molecular flexibility index (Phi) is 16.3.